The second-order valence-electron chi connectivity index (χ2n) is 8.14. The van der Waals surface area contributed by atoms with Gasteiger partial charge in [-0.15, -0.1) is 0 Å². The van der Waals surface area contributed by atoms with Gasteiger partial charge < -0.3 is 19.8 Å². The molecule has 3 aliphatic rings. The third-order valence-electron chi connectivity index (χ3n) is 6.33. The molecule has 3 saturated heterocycles. The number of likely N-dealkylation sites (tertiary alicyclic amines) is 2. The summed E-state index contributed by atoms with van der Waals surface area (Å²) in [5, 5.41) is 9.77. The predicted molar refractivity (Wildman–Crippen MR) is 99.5 cm³/mol. The van der Waals surface area contributed by atoms with Crippen LogP contribution in [0.2, 0.25) is 0 Å². The summed E-state index contributed by atoms with van der Waals surface area (Å²) >= 11 is 0. The van der Waals surface area contributed by atoms with Crippen molar-refractivity contribution in [3.8, 4) is 0 Å². The normalized spacial score (nSPS) is 29.0. The van der Waals surface area contributed by atoms with Crippen molar-refractivity contribution < 1.29 is 14.7 Å². The summed E-state index contributed by atoms with van der Waals surface area (Å²) in [6, 6.07) is 7.83. The van der Waals surface area contributed by atoms with Gasteiger partial charge in [-0.3, -0.25) is 9.59 Å². The molecular weight excluding hydrogens is 330 g/mol. The van der Waals surface area contributed by atoms with Gasteiger partial charge in [-0.2, -0.15) is 0 Å². The monoisotopic (exact) mass is 357 g/mol. The second-order valence-corrected chi connectivity index (χ2v) is 8.14. The molecule has 0 aliphatic carbocycles. The van der Waals surface area contributed by atoms with E-state index in [0.717, 1.165) is 19.6 Å². The molecule has 1 aromatic carbocycles. The zero-order valence-electron chi connectivity index (χ0n) is 15.4. The summed E-state index contributed by atoms with van der Waals surface area (Å²) in [5.41, 5.74) is 1.01. The summed E-state index contributed by atoms with van der Waals surface area (Å²) in [5.74, 6) is -0.808. The average molecular weight is 357 g/mol. The molecule has 6 nitrogen and oxygen atoms in total. The van der Waals surface area contributed by atoms with Crippen LogP contribution in [0, 0.1) is 11.3 Å². The molecule has 0 saturated carbocycles. The van der Waals surface area contributed by atoms with Crippen molar-refractivity contribution in [2.24, 2.45) is 11.3 Å². The van der Waals surface area contributed by atoms with E-state index < -0.39 is 11.4 Å². The Kier molecular flexibility index (Phi) is 4.39. The summed E-state index contributed by atoms with van der Waals surface area (Å²) in [7, 11) is 1.95. The lowest BCUT2D eigenvalue weighted by atomic mass is 9.81. The topological polar surface area (TPSA) is 64.1 Å². The molecule has 6 heteroatoms. The minimum Gasteiger partial charge on any atom is -0.481 e. The van der Waals surface area contributed by atoms with Gasteiger partial charge in [0, 0.05) is 56.4 Å². The van der Waals surface area contributed by atoms with Crippen molar-refractivity contribution in [3.63, 3.8) is 0 Å². The number of carboxylic acids is 1. The third-order valence-corrected chi connectivity index (χ3v) is 6.33. The van der Waals surface area contributed by atoms with Crippen LogP contribution >= 0.6 is 0 Å². The van der Waals surface area contributed by atoms with E-state index in [9.17, 15) is 14.7 Å². The molecule has 26 heavy (non-hydrogen) atoms. The Bertz CT molecular complexity index is 699. The van der Waals surface area contributed by atoms with E-state index >= 15 is 0 Å². The van der Waals surface area contributed by atoms with Gasteiger partial charge in [0.2, 0.25) is 0 Å². The highest BCUT2D eigenvalue weighted by atomic mass is 16.4. The number of hydrogen-bond donors (Lipinski definition) is 1. The fourth-order valence-electron chi connectivity index (χ4n) is 4.92. The molecule has 0 aromatic heterocycles. The SMILES string of the molecule is CN1C[C@@H]2CN(C(=O)c3ccc(N4CCCCC4)cc3)C[C@]2(C(=O)O)C1. The van der Waals surface area contributed by atoms with Gasteiger partial charge in [-0.25, -0.2) is 0 Å². The summed E-state index contributed by atoms with van der Waals surface area (Å²) < 4.78 is 0. The van der Waals surface area contributed by atoms with Gasteiger partial charge in [0.25, 0.3) is 5.91 Å². The summed E-state index contributed by atoms with van der Waals surface area (Å²) in [4.78, 5) is 31.0. The van der Waals surface area contributed by atoms with E-state index in [1.165, 1.54) is 24.9 Å². The van der Waals surface area contributed by atoms with E-state index in [1.54, 1.807) is 4.90 Å². The summed E-state index contributed by atoms with van der Waals surface area (Å²) in [6.07, 6.45) is 3.74. The van der Waals surface area contributed by atoms with E-state index in [0.29, 0.717) is 25.2 Å². The number of nitrogens with zero attached hydrogens (tertiary/aromatic N) is 3. The molecule has 0 unspecified atom stereocenters. The van der Waals surface area contributed by atoms with Crippen molar-refractivity contribution >= 4 is 17.6 Å². The highest BCUT2D eigenvalue weighted by molar-refractivity contribution is 5.95. The molecule has 1 N–H and O–H groups in total. The van der Waals surface area contributed by atoms with Crippen LogP contribution in [0.4, 0.5) is 5.69 Å². The van der Waals surface area contributed by atoms with E-state index in [4.69, 9.17) is 0 Å². The molecule has 1 aromatic rings. The Morgan fingerprint density at radius 1 is 1.04 bits per heavy atom. The number of fused-ring (bicyclic) bond motifs is 1. The first kappa shape index (κ1) is 17.3. The number of carboxylic acid groups (broad SMARTS) is 1. The fourth-order valence-corrected chi connectivity index (χ4v) is 4.92. The number of anilines is 1. The van der Waals surface area contributed by atoms with Crippen LogP contribution in [0.25, 0.3) is 0 Å². The molecule has 140 valence electrons. The Morgan fingerprint density at radius 2 is 1.73 bits per heavy atom. The minimum atomic E-state index is -0.807. The Morgan fingerprint density at radius 3 is 2.35 bits per heavy atom. The number of carbonyl (C=O) groups is 2. The fraction of sp³-hybridized carbons (Fsp3) is 0.600. The predicted octanol–water partition coefficient (Wildman–Crippen LogP) is 1.77. The van der Waals surface area contributed by atoms with Crippen molar-refractivity contribution in [3.05, 3.63) is 29.8 Å². The number of hydrogen-bond acceptors (Lipinski definition) is 4. The standard InChI is InChI=1S/C20H27N3O3/c1-21-11-16-12-23(14-20(16,13-21)19(25)26)18(24)15-5-7-17(8-6-15)22-9-3-2-4-10-22/h5-8,16H,2-4,9-14H2,1H3,(H,25,26)/t16-,20-/m1/s1. The largest absolute Gasteiger partial charge is 0.481 e. The average Bonchev–Trinajstić information content (AvgIpc) is 3.16. The third kappa shape index (κ3) is 2.86. The van der Waals surface area contributed by atoms with Crippen LogP contribution < -0.4 is 4.90 Å². The van der Waals surface area contributed by atoms with E-state index in [1.807, 2.05) is 31.3 Å². The number of aliphatic carboxylic acids is 1. The van der Waals surface area contributed by atoms with Gasteiger partial charge in [0.05, 0.1) is 0 Å². The zero-order chi connectivity index (χ0) is 18.3. The molecular formula is C20H27N3O3. The van der Waals surface area contributed by atoms with Crippen molar-refractivity contribution in [2.45, 2.75) is 19.3 Å². The number of rotatable bonds is 3. The lowest BCUT2D eigenvalue weighted by Crippen LogP contribution is -2.41. The van der Waals surface area contributed by atoms with Crippen LogP contribution in [0.3, 0.4) is 0 Å². The maximum atomic E-state index is 12.9. The van der Waals surface area contributed by atoms with Gasteiger partial charge in [0.15, 0.2) is 0 Å². The highest BCUT2D eigenvalue weighted by Crippen LogP contribution is 2.42. The smallest absolute Gasteiger partial charge is 0.313 e. The minimum absolute atomic E-state index is 0.0153. The van der Waals surface area contributed by atoms with Crippen LogP contribution in [-0.4, -0.2) is 73.1 Å². The first-order chi connectivity index (χ1) is 12.5. The quantitative estimate of drug-likeness (QED) is 0.893. The molecule has 3 heterocycles. The molecule has 4 rings (SSSR count). The maximum Gasteiger partial charge on any atom is 0.313 e. The lowest BCUT2D eigenvalue weighted by molar-refractivity contribution is -0.148. The molecule has 3 fully saturated rings. The number of piperidine rings is 1. The first-order valence-electron chi connectivity index (χ1n) is 9.56. The van der Waals surface area contributed by atoms with Crippen LogP contribution in [0.5, 0.6) is 0 Å². The second kappa shape index (κ2) is 6.58. The van der Waals surface area contributed by atoms with Gasteiger partial charge in [0.1, 0.15) is 5.41 Å². The highest BCUT2D eigenvalue weighted by Gasteiger charge is 2.57. The Balaban J connectivity index is 1.47. The van der Waals surface area contributed by atoms with Crippen molar-refractivity contribution in [1.29, 1.82) is 0 Å². The van der Waals surface area contributed by atoms with Gasteiger partial charge >= 0.3 is 5.97 Å². The molecule has 3 aliphatic heterocycles. The molecule has 2 atom stereocenters. The molecule has 1 amide bonds. The van der Waals surface area contributed by atoms with Gasteiger partial charge in [-0.1, -0.05) is 0 Å². The molecule has 0 spiro atoms. The van der Waals surface area contributed by atoms with Gasteiger partial charge in [-0.05, 0) is 50.6 Å². The van der Waals surface area contributed by atoms with Crippen molar-refractivity contribution in [2.75, 3.05) is 51.2 Å². The zero-order valence-corrected chi connectivity index (χ0v) is 15.4. The first-order valence-corrected chi connectivity index (χ1v) is 9.56. The molecule has 0 radical (unpaired) electrons. The Labute approximate surface area is 154 Å². The van der Waals surface area contributed by atoms with E-state index in [2.05, 4.69) is 9.80 Å². The summed E-state index contributed by atoms with van der Waals surface area (Å²) in [6.45, 7) is 4.26. The van der Waals surface area contributed by atoms with E-state index in [-0.39, 0.29) is 11.8 Å². The number of amides is 1. The van der Waals surface area contributed by atoms with Crippen molar-refractivity contribution in [1.82, 2.24) is 9.80 Å². The number of benzene rings is 1. The van der Waals surface area contributed by atoms with Crippen LogP contribution in [-0.2, 0) is 4.79 Å². The lowest BCUT2D eigenvalue weighted by Gasteiger charge is -2.29. The molecule has 0 bridgehead atoms. The Hall–Kier alpha value is -2.08. The van der Waals surface area contributed by atoms with Crippen LogP contribution in [0.1, 0.15) is 29.6 Å². The van der Waals surface area contributed by atoms with Crippen LogP contribution in [0.15, 0.2) is 24.3 Å². The maximum absolute atomic E-state index is 12.9. The number of carbonyl (C=O) groups excluding carboxylic acids is 1.